The van der Waals surface area contributed by atoms with E-state index in [0.717, 1.165) is 5.56 Å². The number of ketones is 1. The van der Waals surface area contributed by atoms with Gasteiger partial charge in [-0.3, -0.25) is 14.4 Å². The minimum atomic E-state index is -1.61. The largest absolute Gasteiger partial charge is 0.475 e. The molecule has 0 spiro atoms. The molecule has 1 aromatic rings. The molecule has 0 aromatic heterocycles. The zero-order valence-corrected chi connectivity index (χ0v) is 17.5. The fourth-order valence-electron chi connectivity index (χ4n) is 3.15. The highest BCUT2D eigenvalue weighted by Gasteiger charge is 2.37. The maximum Gasteiger partial charge on any atom is 0.374 e. The Bertz CT molecular complexity index is 794. The lowest BCUT2D eigenvalue weighted by Crippen LogP contribution is -2.55. The second-order valence-electron chi connectivity index (χ2n) is 7.18. The van der Waals surface area contributed by atoms with Crippen LogP contribution >= 0.6 is 11.8 Å². The maximum atomic E-state index is 12.9. The number of thioether (sulfide) groups is 1. The highest BCUT2D eigenvalue weighted by molar-refractivity contribution is 8.03. The van der Waals surface area contributed by atoms with Gasteiger partial charge in [-0.25, -0.2) is 4.79 Å². The van der Waals surface area contributed by atoms with Crippen molar-refractivity contribution in [2.45, 2.75) is 50.9 Å². The molecule has 7 nitrogen and oxygen atoms in total. The average Bonchev–Trinajstić information content (AvgIpc) is 2.69. The number of carbonyl (C=O) groups is 4. The summed E-state index contributed by atoms with van der Waals surface area (Å²) in [6.07, 6.45) is 1.96. The molecule has 0 fully saturated rings. The van der Waals surface area contributed by atoms with Crippen LogP contribution in [0.2, 0.25) is 0 Å². The van der Waals surface area contributed by atoms with Gasteiger partial charge in [0.1, 0.15) is 12.1 Å². The van der Waals surface area contributed by atoms with Gasteiger partial charge in [-0.05, 0) is 23.3 Å². The van der Waals surface area contributed by atoms with E-state index in [-0.39, 0.29) is 23.5 Å². The lowest BCUT2D eigenvalue weighted by atomic mass is 10.0. The fourth-order valence-corrected chi connectivity index (χ4v) is 4.07. The van der Waals surface area contributed by atoms with Crippen molar-refractivity contribution in [3.63, 3.8) is 0 Å². The zero-order chi connectivity index (χ0) is 21.6. The molecule has 2 N–H and O–H groups in total. The molecular formula is C21H26N2O5S. The first-order valence-electron chi connectivity index (χ1n) is 9.52. The molecule has 1 aliphatic heterocycles. The van der Waals surface area contributed by atoms with E-state index in [4.69, 9.17) is 5.11 Å². The number of carbonyl (C=O) groups excluding carboxylic acids is 3. The normalized spacial score (nSPS) is 18.4. The minimum absolute atomic E-state index is 0.0579. The van der Waals surface area contributed by atoms with E-state index in [2.05, 4.69) is 5.32 Å². The monoisotopic (exact) mass is 418 g/mol. The number of rotatable bonds is 9. The Kier molecular flexibility index (Phi) is 8.01. The van der Waals surface area contributed by atoms with Crippen molar-refractivity contribution in [2.75, 3.05) is 0 Å². The number of nitrogens with one attached hydrogen (secondary N) is 1. The van der Waals surface area contributed by atoms with Gasteiger partial charge in [0.25, 0.3) is 5.78 Å². The smallest absolute Gasteiger partial charge is 0.374 e. The van der Waals surface area contributed by atoms with Gasteiger partial charge in [0.2, 0.25) is 11.8 Å². The Morgan fingerprint density at radius 2 is 1.86 bits per heavy atom. The first-order valence-corrected chi connectivity index (χ1v) is 10.5. The molecule has 29 heavy (non-hydrogen) atoms. The number of aliphatic carboxylic acids is 1. The Hall–Kier alpha value is -2.61. The molecule has 156 valence electrons. The Labute approximate surface area is 174 Å². The fraction of sp³-hybridized carbons (Fsp3) is 0.429. The molecule has 3 atom stereocenters. The summed E-state index contributed by atoms with van der Waals surface area (Å²) in [5.74, 6) is -3.31. The summed E-state index contributed by atoms with van der Waals surface area (Å²) in [5.41, 5.74) is 0.727. The summed E-state index contributed by atoms with van der Waals surface area (Å²) in [7, 11) is 0. The van der Waals surface area contributed by atoms with Crippen molar-refractivity contribution in [3.05, 3.63) is 47.5 Å². The molecule has 1 aromatic carbocycles. The van der Waals surface area contributed by atoms with Crippen molar-refractivity contribution in [1.82, 2.24) is 10.2 Å². The van der Waals surface area contributed by atoms with Crippen LogP contribution in [0.15, 0.2) is 41.9 Å². The number of carboxylic acids is 1. The molecule has 0 radical (unpaired) electrons. The van der Waals surface area contributed by atoms with Crippen LogP contribution in [0.4, 0.5) is 0 Å². The van der Waals surface area contributed by atoms with Gasteiger partial charge in [0.15, 0.2) is 0 Å². The van der Waals surface area contributed by atoms with Gasteiger partial charge < -0.3 is 15.3 Å². The predicted octanol–water partition coefficient (Wildman–Crippen LogP) is 2.22. The van der Waals surface area contributed by atoms with Gasteiger partial charge in [0.05, 0.1) is 5.25 Å². The Balaban J connectivity index is 2.20. The standard InChI is InChI=1S/C21H26N2O5S/c1-4-16(23-10-11-29-18(13(2)3)20(23)26)19(25)22-15(17(24)21(27)28)12-14-8-6-5-7-9-14/h5-11,13,15-16,18H,4,12H2,1-3H3,(H,22,25)(H,27,28)/t15-,16?,18?/m0/s1. The van der Waals surface area contributed by atoms with Crippen molar-refractivity contribution in [2.24, 2.45) is 5.92 Å². The lowest BCUT2D eigenvalue weighted by molar-refractivity contribution is -0.150. The van der Waals surface area contributed by atoms with Gasteiger partial charge in [-0.15, -0.1) is 11.8 Å². The SMILES string of the molecule is CCC(C(=O)N[C@@H](Cc1ccccc1)C(=O)C(=O)O)N1C=CSC(C(C)C)C1=O. The summed E-state index contributed by atoms with van der Waals surface area (Å²) in [4.78, 5) is 50.5. The molecule has 2 rings (SSSR count). The first kappa shape index (κ1) is 22.7. The molecule has 2 amide bonds. The van der Waals surface area contributed by atoms with Gasteiger partial charge >= 0.3 is 5.97 Å². The second kappa shape index (κ2) is 10.2. The topological polar surface area (TPSA) is 104 Å². The molecule has 0 bridgehead atoms. The van der Waals surface area contributed by atoms with Gasteiger partial charge in [-0.1, -0.05) is 51.1 Å². The number of hydrogen-bond donors (Lipinski definition) is 2. The van der Waals surface area contributed by atoms with Crippen LogP contribution in [0.3, 0.4) is 0 Å². The number of carboxylic acid groups (broad SMARTS) is 1. The van der Waals surface area contributed by atoms with Gasteiger partial charge in [-0.2, -0.15) is 0 Å². The van der Waals surface area contributed by atoms with Crippen LogP contribution in [-0.4, -0.2) is 50.9 Å². The van der Waals surface area contributed by atoms with E-state index < -0.39 is 29.7 Å². The summed E-state index contributed by atoms with van der Waals surface area (Å²) in [6, 6.07) is 6.83. The third-order valence-electron chi connectivity index (χ3n) is 4.70. The Morgan fingerprint density at radius 3 is 2.41 bits per heavy atom. The van der Waals surface area contributed by atoms with Crippen LogP contribution in [0.25, 0.3) is 0 Å². The Morgan fingerprint density at radius 1 is 1.21 bits per heavy atom. The molecule has 2 unspecified atom stereocenters. The van der Waals surface area contributed by atoms with Gasteiger partial charge in [0, 0.05) is 12.6 Å². The van der Waals surface area contributed by atoms with E-state index >= 15 is 0 Å². The second-order valence-corrected chi connectivity index (χ2v) is 8.23. The number of amides is 2. The predicted molar refractivity (Wildman–Crippen MR) is 111 cm³/mol. The van der Waals surface area contributed by atoms with Crippen molar-refractivity contribution >= 4 is 35.3 Å². The average molecular weight is 419 g/mol. The van der Waals surface area contributed by atoms with E-state index in [9.17, 15) is 19.2 Å². The molecule has 8 heteroatoms. The minimum Gasteiger partial charge on any atom is -0.475 e. The highest BCUT2D eigenvalue weighted by Crippen LogP contribution is 2.29. The van der Waals surface area contributed by atoms with Crippen molar-refractivity contribution in [1.29, 1.82) is 0 Å². The molecule has 0 saturated carbocycles. The molecule has 0 saturated heterocycles. The maximum absolute atomic E-state index is 12.9. The van der Waals surface area contributed by atoms with Crippen LogP contribution in [0.1, 0.15) is 32.8 Å². The molecule has 1 aliphatic rings. The van der Waals surface area contributed by atoms with Crippen LogP contribution < -0.4 is 5.32 Å². The molecule has 0 aliphatic carbocycles. The summed E-state index contributed by atoms with van der Waals surface area (Å²) in [6.45, 7) is 5.65. The number of hydrogen-bond acceptors (Lipinski definition) is 5. The summed E-state index contributed by atoms with van der Waals surface area (Å²) >= 11 is 1.41. The van der Waals surface area contributed by atoms with Crippen LogP contribution in [-0.2, 0) is 25.6 Å². The lowest BCUT2D eigenvalue weighted by Gasteiger charge is -2.34. The summed E-state index contributed by atoms with van der Waals surface area (Å²) < 4.78 is 0. The highest BCUT2D eigenvalue weighted by atomic mass is 32.2. The van der Waals surface area contributed by atoms with E-state index in [1.54, 1.807) is 48.9 Å². The van der Waals surface area contributed by atoms with Crippen molar-refractivity contribution in [3.8, 4) is 0 Å². The number of Topliss-reactive ketones (excluding diaryl/α,β-unsaturated/α-hetero) is 1. The third kappa shape index (κ3) is 5.69. The first-order chi connectivity index (χ1) is 13.8. The number of nitrogens with zero attached hydrogens (tertiary/aromatic N) is 1. The van der Waals surface area contributed by atoms with E-state index in [1.807, 2.05) is 13.8 Å². The summed E-state index contributed by atoms with van der Waals surface area (Å²) in [5, 5.41) is 13.2. The van der Waals surface area contributed by atoms with Crippen LogP contribution in [0.5, 0.6) is 0 Å². The van der Waals surface area contributed by atoms with Crippen molar-refractivity contribution < 1.29 is 24.3 Å². The third-order valence-corrected chi connectivity index (χ3v) is 6.02. The van der Waals surface area contributed by atoms with E-state index in [1.165, 1.54) is 16.7 Å². The molecular weight excluding hydrogens is 392 g/mol. The zero-order valence-electron chi connectivity index (χ0n) is 16.7. The van der Waals surface area contributed by atoms with Crippen LogP contribution in [0, 0.1) is 5.92 Å². The van der Waals surface area contributed by atoms with E-state index in [0.29, 0.717) is 6.42 Å². The quantitative estimate of drug-likeness (QED) is 0.596. The molecule has 1 heterocycles. The number of benzene rings is 1.